The van der Waals surface area contributed by atoms with Gasteiger partial charge >= 0.3 is 5.97 Å². The van der Waals surface area contributed by atoms with Gasteiger partial charge in [-0.2, -0.15) is 0 Å². The molecule has 0 spiro atoms. The van der Waals surface area contributed by atoms with Crippen LogP contribution in [0.15, 0.2) is 0 Å². The Bertz CT molecular complexity index is 319. The molecule has 0 bridgehead atoms. The van der Waals surface area contributed by atoms with E-state index in [2.05, 4.69) is 0 Å². The number of ether oxygens (including phenoxy) is 1. The SMILES string of the molecule is COCC1CCN(C(=O)CC(C)(C)CC(=O)O)CC1. The van der Waals surface area contributed by atoms with Crippen LogP contribution in [-0.4, -0.2) is 48.7 Å². The maximum absolute atomic E-state index is 12.2. The lowest BCUT2D eigenvalue weighted by molar-refractivity contribution is -0.141. The van der Waals surface area contributed by atoms with E-state index in [1.165, 1.54) is 0 Å². The molecule has 1 rings (SSSR count). The van der Waals surface area contributed by atoms with Gasteiger partial charge < -0.3 is 14.7 Å². The number of methoxy groups -OCH3 is 1. The number of hydrogen-bond donors (Lipinski definition) is 1. The predicted molar refractivity (Wildman–Crippen MR) is 71.8 cm³/mol. The van der Waals surface area contributed by atoms with Crippen LogP contribution in [0.3, 0.4) is 0 Å². The number of carbonyl (C=O) groups is 2. The summed E-state index contributed by atoms with van der Waals surface area (Å²) < 4.78 is 5.13. The topological polar surface area (TPSA) is 66.8 Å². The van der Waals surface area contributed by atoms with Gasteiger partial charge in [0.15, 0.2) is 0 Å². The van der Waals surface area contributed by atoms with E-state index in [4.69, 9.17) is 9.84 Å². The van der Waals surface area contributed by atoms with Gasteiger partial charge in [-0.1, -0.05) is 13.8 Å². The number of amides is 1. The van der Waals surface area contributed by atoms with Crippen molar-refractivity contribution in [1.82, 2.24) is 4.90 Å². The fraction of sp³-hybridized carbons (Fsp3) is 0.857. The van der Waals surface area contributed by atoms with E-state index in [0.717, 1.165) is 32.5 Å². The summed E-state index contributed by atoms with van der Waals surface area (Å²) in [5.74, 6) is -0.236. The lowest BCUT2D eigenvalue weighted by Gasteiger charge is -2.34. The highest BCUT2D eigenvalue weighted by Gasteiger charge is 2.29. The molecule has 0 aromatic carbocycles. The summed E-state index contributed by atoms with van der Waals surface area (Å²) in [6.07, 6.45) is 2.27. The molecule has 0 aliphatic carbocycles. The van der Waals surface area contributed by atoms with Crippen LogP contribution in [0.5, 0.6) is 0 Å². The van der Waals surface area contributed by atoms with Crippen molar-refractivity contribution in [2.24, 2.45) is 11.3 Å². The van der Waals surface area contributed by atoms with Crippen molar-refractivity contribution in [2.75, 3.05) is 26.8 Å². The summed E-state index contributed by atoms with van der Waals surface area (Å²) in [4.78, 5) is 24.8. The second-order valence-electron chi connectivity index (χ2n) is 6.19. The van der Waals surface area contributed by atoms with Gasteiger partial charge in [0.2, 0.25) is 5.91 Å². The molecule has 1 aliphatic rings. The summed E-state index contributed by atoms with van der Waals surface area (Å²) in [5.41, 5.74) is -0.480. The third-order valence-electron chi connectivity index (χ3n) is 3.63. The predicted octanol–water partition coefficient (Wildman–Crippen LogP) is 1.76. The quantitative estimate of drug-likeness (QED) is 0.799. The van der Waals surface area contributed by atoms with Gasteiger partial charge in [0.1, 0.15) is 0 Å². The van der Waals surface area contributed by atoms with E-state index in [1.54, 1.807) is 7.11 Å². The van der Waals surface area contributed by atoms with E-state index in [1.807, 2.05) is 18.7 Å². The number of carboxylic acid groups (broad SMARTS) is 1. The first kappa shape index (κ1) is 16.0. The van der Waals surface area contributed by atoms with Crippen molar-refractivity contribution >= 4 is 11.9 Å². The zero-order chi connectivity index (χ0) is 14.5. The molecule has 0 radical (unpaired) electrons. The summed E-state index contributed by atoms with van der Waals surface area (Å²) >= 11 is 0. The Balaban J connectivity index is 2.41. The molecule has 0 atom stereocenters. The zero-order valence-electron chi connectivity index (χ0n) is 12.1. The van der Waals surface area contributed by atoms with Crippen LogP contribution in [0.4, 0.5) is 0 Å². The second kappa shape index (κ2) is 6.89. The highest BCUT2D eigenvalue weighted by molar-refractivity contribution is 5.78. The summed E-state index contributed by atoms with van der Waals surface area (Å²) in [5, 5.41) is 8.83. The Labute approximate surface area is 114 Å². The number of nitrogens with zero attached hydrogens (tertiary/aromatic N) is 1. The minimum atomic E-state index is -0.850. The molecule has 110 valence electrons. The molecule has 1 aliphatic heterocycles. The van der Waals surface area contributed by atoms with E-state index in [-0.39, 0.29) is 12.3 Å². The minimum absolute atomic E-state index is 0.0267. The van der Waals surface area contributed by atoms with Crippen LogP contribution in [0.1, 0.15) is 39.5 Å². The summed E-state index contributed by atoms with van der Waals surface area (Å²) in [6.45, 7) is 5.94. The molecular weight excluding hydrogens is 246 g/mol. The maximum atomic E-state index is 12.2. The molecule has 1 heterocycles. The minimum Gasteiger partial charge on any atom is -0.481 e. The molecule has 0 unspecified atom stereocenters. The van der Waals surface area contributed by atoms with Gasteiger partial charge in [0, 0.05) is 33.2 Å². The molecule has 1 amide bonds. The number of likely N-dealkylation sites (tertiary alicyclic amines) is 1. The average molecular weight is 271 g/mol. The lowest BCUT2D eigenvalue weighted by atomic mass is 9.84. The molecular formula is C14H25NO4. The molecule has 5 heteroatoms. The fourth-order valence-electron chi connectivity index (χ4n) is 2.58. The summed E-state index contributed by atoms with van der Waals surface area (Å²) in [6, 6.07) is 0. The molecule has 19 heavy (non-hydrogen) atoms. The third kappa shape index (κ3) is 5.59. The van der Waals surface area contributed by atoms with Crippen LogP contribution in [0.2, 0.25) is 0 Å². The standard InChI is InChI=1S/C14H25NO4/c1-14(2,9-13(17)18)8-12(16)15-6-4-11(5-7-15)10-19-3/h11H,4-10H2,1-3H3,(H,17,18). The smallest absolute Gasteiger partial charge is 0.303 e. The Hall–Kier alpha value is -1.10. The molecule has 0 saturated carbocycles. The normalized spacial score (nSPS) is 17.5. The Kier molecular flexibility index (Phi) is 5.79. The van der Waals surface area contributed by atoms with E-state index >= 15 is 0 Å². The van der Waals surface area contributed by atoms with Crippen molar-refractivity contribution in [3.8, 4) is 0 Å². The van der Waals surface area contributed by atoms with E-state index in [0.29, 0.717) is 12.3 Å². The number of carboxylic acids is 1. The highest BCUT2D eigenvalue weighted by atomic mass is 16.5. The van der Waals surface area contributed by atoms with Gasteiger partial charge in [0.05, 0.1) is 6.42 Å². The van der Waals surface area contributed by atoms with E-state index in [9.17, 15) is 9.59 Å². The summed E-state index contributed by atoms with van der Waals surface area (Å²) in [7, 11) is 1.70. The number of hydrogen-bond acceptors (Lipinski definition) is 3. The fourth-order valence-corrected chi connectivity index (χ4v) is 2.58. The van der Waals surface area contributed by atoms with Crippen molar-refractivity contribution < 1.29 is 19.4 Å². The lowest BCUT2D eigenvalue weighted by Crippen LogP contribution is -2.41. The maximum Gasteiger partial charge on any atom is 0.303 e. The van der Waals surface area contributed by atoms with Crippen molar-refractivity contribution in [3.05, 3.63) is 0 Å². The Morgan fingerprint density at radius 2 is 1.84 bits per heavy atom. The third-order valence-corrected chi connectivity index (χ3v) is 3.63. The van der Waals surface area contributed by atoms with Crippen LogP contribution < -0.4 is 0 Å². The van der Waals surface area contributed by atoms with Crippen molar-refractivity contribution in [2.45, 2.75) is 39.5 Å². The first-order valence-corrected chi connectivity index (χ1v) is 6.82. The van der Waals surface area contributed by atoms with Gasteiger partial charge in [0.25, 0.3) is 0 Å². The van der Waals surface area contributed by atoms with Gasteiger partial charge in [-0.15, -0.1) is 0 Å². The highest BCUT2D eigenvalue weighted by Crippen LogP contribution is 2.27. The number of aliphatic carboxylic acids is 1. The number of rotatable bonds is 6. The second-order valence-corrected chi connectivity index (χ2v) is 6.19. The first-order chi connectivity index (χ1) is 8.84. The Morgan fingerprint density at radius 3 is 2.32 bits per heavy atom. The first-order valence-electron chi connectivity index (χ1n) is 6.82. The molecule has 1 N–H and O–H groups in total. The molecule has 5 nitrogen and oxygen atoms in total. The molecule has 1 saturated heterocycles. The van der Waals surface area contributed by atoms with Gasteiger partial charge in [-0.25, -0.2) is 0 Å². The van der Waals surface area contributed by atoms with Gasteiger partial charge in [-0.05, 0) is 24.2 Å². The molecule has 0 aromatic heterocycles. The van der Waals surface area contributed by atoms with E-state index < -0.39 is 11.4 Å². The largest absolute Gasteiger partial charge is 0.481 e. The van der Waals surface area contributed by atoms with Crippen LogP contribution in [0, 0.1) is 11.3 Å². The van der Waals surface area contributed by atoms with Crippen molar-refractivity contribution in [1.29, 1.82) is 0 Å². The molecule has 1 fully saturated rings. The monoisotopic (exact) mass is 271 g/mol. The zero-order valence-corrected chi connectivity index (χ0v) is 12.1. The Morgan fingerprint density at radius 1 is 1.26 bits per heavy atom. The van der Waals surface area contributed by atoms with Crippen LogP contribution >= 0.6 is 0 Å². The average Bonchev–Trinajstić information content (AvgIpc) is 2.27. The number of piperidine rings is 1. The van der Waals surface area contributed by atoms with Crippen molar-refractivity contribution in [3.63, 3.8) is 0 Å². The number of carbonyl (C=O) groups excluding carboxylic acids is 1. The van der Waals surface area contributed by atoms with Gasteiger partial charge in [-0.3, -0.25) is 9.59 Å². The molecule has 0 aromatic rings. The van der Waals surface area contributed by atoms with Crippen LogP contribution in [0.25, 0.3) is 0 Å². The van der Waals surface area contributed by atoms with Crippen LogP contribution in [-0.2, 0) is 14.3 Å².